The van der Waals surface area contributed by atoms with Gasteiger partial charge in [-0.25, -0.2) is 14.7 Å². The number of benzene rings is 1. The van der Waals surface area contributed by atoms with Crippen LogP contribution < -0.4 is 10.6 Å². The second kappa shape index (κ2) is 10.9. The number of aromatic nitrogens is 3. The van der Waals surface area contributed by atoms with Crippen LogP contribution in [-0.4, -0.2) is 27.3 Å². The molecule has 0 radical (unpaired) electrons. The first kappa shape index (κ1) is 22.9. The van der Waals surface area contributed by atoms with Crippen molar-refractivity contribution in [1.82, 2.24) is 25.4 Å². The molecule has 2 heterocycles. The van der Waals surface area contributed by atoms with Crippen molar-refractivity contribution in [2.75, 3.05) is 6.54 Å². The molecular weight excluding hydrogens is 475 g/mol. The fourth-order valence-electron chi connectivity index (χ4n) is 3.02. The highest BCUT2D eigenvalue weighted by atomic mass is 127. The molecule has 154 valence electrons. The molecule has 1 atom stereocenters. The van der Waals surface area contributed by atoms with Gasteiger partial charge in [0.15, 0.2) is 11.8 Å². The van der Waals surface area contributed by atoms with Crippen molar-refractivity contribution in [3.63, 3.8) is 0 Å². The lowest BCUT2D eigenvalue weighted by molar-refractivity contribution is 0.686. The zero-order chi connectivity index (χ0) is 19.9. The van der Waals surface area contributed by atoms with E-state index in [1.165, 1.54) is 5.56 Å². The van der Waals surface area contributed by atoms with Crippen LogP contribution in [0.3, 0.4) is 0 Å². The average Bonchev–Trinajstić information content (AvgIpc) is 3.05. The summed E-state index contributed by atoms with van der Waals surface area (Å²) in [7, 11) is 0. The van der Waals surface area contributed by atoms with Crippen LogP contribution in [-0.2, 0) is 6.54 Å². The Balaban J connectivity index is 0.00000300. The first-order chi connectivity index (χ1) is 13.6. The molecule has 3 aromatic rings. The van der Waals surface area contributed by atoms with Crippen LogP contribution in [0.1, 0.15) is 42.4 Å². The third-order valence-electron chi connectivity index (χ3n) is 4.45. The standard InChI is InChI=1S/C22H28N6.HI/c1-5-23-22(26-18(4)20-9-7-6-8-10-20)25-15-19-11-12-21(24-14-19)28-17(3)13-16(2)27-28;/h6-14,18H,5,15H2,1-4H3,(H2,23,25,26);1H. The zero-order valence-electron chi connectivity index (χ0n) is 17.4. The topological polar surface area (TPSA) is 67.1 Å². The van der Waals surface area contributed by atoms with E-state index in [1.54, 1.807) is 0 Å². The van der Waals surface area contributed by atoms with Crippen LogP contribution in [0.15, 0.2) is 59.7 Å². The predicted octanol–water partition coefficient (Wildman–Crippen LogP) is 4.32. The molecule has 0 fully saturated rings. The van der Waals surface area contributed by atoms with Gasteiger partial charge in [0.2, 0.25) is 0 Å². The van der Waals surface area contributed by atoms with Crippen molar-refractivity contribution in [3.05, 3.63) is 77.2 Å². The molecule has 6 nitrogen and oxygen atoms in total. The summed E-state index contributed by atoms with van der Waals surface area (Å²) < 4.78 is 1.86. The number of halogens is 1. The van der Waals surface area contributed by atoms with Gasteiger partial charge in [-0.2, -0.15) is 5.10 Å². The van der Waals surface area contributed by atoms with E-state index in [0.717, 1.165) is 35.3 Å². The normalized spacial score (nSPS) is 12.2. The van der Waals surface area contributed by atoms with E-state index in [0.29, 0.717) is 6.54 Å². The van der Waals surface area contributed by atoms with Crippen molar-refractivity contribution in [1.29, 1.82) is 0 Å². The Labute approximate surface area is 189 Å². The van der Waals surface area contributed by atoms with E-state index < -0.39 is 0 Å². The van der Waals surface area contributed by atoms with Crippen molar-refractivity contribution in [2.45, 2.75) is 40.3 Å². The number of hydrogen-bond acceptors (Lipinski definition) is 3. The second-order valence-corrected chi connectivity index (χ2v) is 6.84. The lowest BCUT2D eigenvalue weighted by atomic mass is 10.1. The minimum Gasteiger partial charge on any atom is -0.357 e. The third kappa shape index (κ3) is 6.28. The smallest absolute Gasteiger partial charge is 0.192 e. The van der Waals surface area contributed by atoms with Crippen LogP contribution in [0.4, 0.5) is 0 Å². The van der Waals surface area contributed by atoms with E-state index in [9.17, 15) is 0 Å². The first-order valence-electron chi connectivity index (χ1n) is 9.65. The Morgan fingerprint density at radius 1 is 1.14 bits per heavy atom. The number of guanidine groups is 1. The van der Waals surface area contributed by atoms with Gasteiger partial charge in [0.25, 0.3) is 0 Å². The van der Waals surface area contributed by atoms with Crippen LogP contribution in [0.5, 0.6) is 0 Å². The molecule has 1 aromatic carbocycles. The summed E-state index contributed by atoms with van der Waals surface area (Å²) >= 11 is 0. The molecule has 3 rings (SSSR count). The molecule has 0 saturated heterocycles. The van der Waals surface area contributed by atoms with E-state index in [1.807, 2.05) is 61.1 Å². The van der Waals surface area contributed by atoms with E-state index in [2.05, 4.69) is 46.7 Å². The lowest BCUT2D eigenvalue weighted by Gasteiger charge is -2.18. The maximum Gasteiger partial charge on any atom is 0.192 e. The summed E-state index contributed by atoms with van der Waals surface area (Å²) in [6, 6.07) is 16.6. The van der Waals surface area contributed by atoms with Gasteiger partial charge in [-0.3, -0.25) is 0 Å². The SMILES string of the molecule is CCNC(=NCc1ccc(-n2nc(C)cc2C)nc1)NC(C)c1ccccc1.I. The van der Waals surface area contributed by atoms with Gasteiger partial charge in [0.1, 0.15) is 0 Å². The second-order valence-electron chi connectivity index (χ2n) is 6.84. The molecule has 0 spiro atoms. The molecule has 0 saturated carbocycles. The summed E-state index contributed by atoms with van der Waals surface area (Å²) in [6.07, 6.45) is 1.86. The van der Waals surface area contributed by atoms with Crippen molar-refractivity contribution in [2.24, 2.45) is 4.99 Å². The molecule has 7 heteroatoms. The monoisotopic (exact) mass is 504 g/mol. The number of aliphatic imine (C=N–C) groups is 1. The van der Waals surface area contributed by atoms with Gasteiger partial charge in [-0.15, -0.1) is 24.0 Å². The summed E-state index contributed by atoms with van der Waals surface area (Å²) in [5.41, 5.74) is 4.34. The number of rotatable bonds is 6. The highest BCUT2D eigenvalue weighted by molar-refractivity contribution is 14.0. The van der Waals surface area contributed by atoms with Crippen molar-refractivity contribution >= 4 is 29.9 Å². The summed E-state index contributed by atoms with van der Waals surface area (Å²) in [5, 5.41) is 11.2. The molecule has 1 unspecified atom stereocenters. The highest BCUT2D eigenvalue weighted by Crippen LogP contribution is 2.12. The quantitative estimate of drug-likeness (QED) is 0.298. The number of aryl methyl sites for hydroxylation is 2. The van der Waals surface area contributed by atoms with Gasteiger partial charge >= 0.3 is 0 Å². The zero-order valence-corrected chi connectivity index (χ0v) is 19.7. The molecule has 0 aliphatic carbocycles. The molecule has 2 aromatic heterocycles. The fourth-order valence-corrected chi connectivity index (χ4v) is 3.02. The average molecular weight is 504 g/mol. The lowest BCUT2D eigenvalue weighted by Crippen LogP contribution is -2.38. The van der Waals surface area contributed by atoms with Gasteiger partial charge < -0.3 is 10.6 Å². The Morgan fingerprint density at radius 2 is 1.90 bits per heavy atom. The van der Waals surface area contributed by atoms with Crippen LogP contribution >= 0.6 is 24.0 Å². The number of pyridine rings is 1. The minimum absolute atomic E-state index is 0. The largest absolute Gasteiger partial charge is 0.357 e. The first-order valence-corrected chi connectivity index (χ1v) is 9.65. The fraction of sp³-hybridized carbons (Fsp3) is 0.318. The third-order valence-corrected chi connectivity index (χ3v) is 4.45. The Hall–Kier alpha value is -2.42. The van der Waals surface area contributed by atoms with Gasteiger partial charge in [0.05, 0.1) is 18.3 Å². The highest BCUT2D eigenvalue weighted by Gasteiger charge is 2.08. The van der Waals surface area contributed by atoms with E-state index in [4.69, 9.17) is 4.99 Å². The Kier molecular flexibility index (Phi) is 8.63. The number of hydrogen-bond donors (Lipinski definition) is 2. The van der Waals surface area contributed by atoms with Gasteiger partial charge in [-0.1, -0.05) is 36.4 Å². The molecule has 2 N–H and O–H groups in total. The van der Waals surface area contributed by atoms with Gasteiger partial charge in [0, 0.05) is 18.4 Å². The maximum absolute atomic E-state index is 4.71. The Bertz CT molecular complexity index is 918. The molecule has 0 aliphatic rings. The summed E-state index contributed by atoms with van der Waals surface area (Å²) in [5.74, 6) is 1.61. The summed E-state index contributed by atoms with van der Waals surface area (Å²) in [6.45, 7) is 9.58. The van der Waals surface area contributed by atoms with Crippen molar-refractivity contribution < 1.29 is 0 Å². The number of nitrogens with zero attached hydrogens (tertiary/aromatic N) is 4. The summed E-state index contributed by atoms with van der Waals surface area (Å²) in [4.78, 5) is 9.25. The molecule has 0 amide bonds. The maximum atomic E-state index is 4.71. The van der Waals surface area contributed by atoms with Crippen LogP contribution in [0.2, 0.25) is 0 Å². The van der Waals surface area contributed by atoms with E-state index in [-0.39, 0.29) is 30.0 Å². The van der Waals surface area contributed by atoms with E-state index >= 15 is 0 Å². The van der Waals surface area contributed by atoms with Crippen LogP contribution in [0, 0.1) is 13.8 Å². The minimum atomic E-state index is 0. The van der Waals surface area contributed by atoms with Crippen LogP contribution in [0.25, 0.3) is 5.82 Å². The molecule has 0 bridgehead atoms. The molecule has 29 heavy (non-hydrogen) atoms. The Morgan fingerprint density at radius 3 is 2.48 bits per heavy atom. The van der Waals surface area contributed by atoms with Crippen molar-refractivity contribution in [3.8, 4) is 5.82 Å². The predicted molar refractivity (Wildman–Crippen MR) is 129 cm³/mol. The molecule has 0 aliphatic heterocycles. The number of nitrogens with one attached hydrogen (secondary N) is 2. The molecular formula is C22H29IN6. The van der Waals surface area contributed by atoms with Gasteiger partial charge in [-0.05, 0) is 51.0 Å².